The first-order valence-electron chi connectivity index (χ1n) is 9.47. The molecule has 1 fully saturated rings. The van der Waals surface area contributed by atoms with Crippen LogP contribution >= 0.6 is 23.2 Å². The van der Waals surface area contributed by atoms with Crippen LogP contribution in [0.15, 0.2) is 24.4 Å². The van der Waals surface area contributed by atoms with E-state index in [0.29, 0.717) is 22.4 Å². The Kier molecular flexibility index (Phi) is 6.70. The molecule has 1 aliphatic rings. The number of carbonyl (C=O) groups excluding carboxylic acids is 2. The lowest BCUT2D eigenvalue weighted by Gasteiger charge is -2.30. The molecule has 0 bridgehead atoms. The number of hydrogen-bond acceptors (Lipinski definition) is 4. The number of benzene rings is 1. The number of aromatic nitrogens is 2. The van der Waals surface area contributed by atoms with Crippen molar-refractivity contribution < 1.29 is 14.3 Å². The average molecular weight is 439 g/mol. The van der Waals surface area contributed by atoms with Gasteiger partial charge in [-0.05, 0) is 37.0 Å². The number of ether oxygens (including phenoxy) is 1. The van der Waals surface area contributed by atoms with Crippen molar-refractivity contribution in [1.29, 1.82) is 0 Å². The topological polar surface area (TPSA) is 87.3 Å². The van der Waals surface area contributed by atoms with E-state index in [4.69, 9.17) is 23.2 Å². The van der Waals surface area contributed by atoms with Crippen molar-refractivity contribution in [2.24, 2.45) is 5.92 Å². The second-order valence-electron chi connectivity index (χ2n) is 7.35. The molecule has 1 aromatic carbocycles. The normalized spacial score (nSPS) is 17.4. The minimum absolute atomic E-state index is 0.0807. The number of carbonyl (C=O) groups is 2. The maximum atomic E-state index is 13.2. The summed E-state index contributed by atoms with van der Waals surface area (Å²) < 4.78 is 4.67. The highest BCUT2D eigenvalue weighted by atomic mass is 35.5. The molecule has 1 aliphatic heterocycles. The van der Waals surface area contributed by atoms with E-state index >= 15 is 0 Å². The fourth-order valence-electron chi connectivity index (χ4n) is 3.54. The first-order chi connectivity index (χ1) is 13.8. The van der Waals surface area contributed by atoms with Gasteiger partial charge in [-0.1, -0.05) is 37.0 Å². The van der Waals surface area contributed by atoms with Gasteiger partial charge in [-0.25, -0.2) is 9.78 Å². The minimum atomic E-state index is -0.664. The lowest BCUT2D eigenvalue weighted by molar-refractivity contribution is -0.135. The predicted octanol–water partition coefficient (Wildman–Crippen LogP) is 4.43. The summed E-state index contributed by atoms with van der Waals surface area (Å²) in [6.45, 7) is 4.38. The quantitative estimate of drug-likeness (QED) is 0.722. The lowest BCUT2D eigenvalue weighted by atomic mass is 10.0. The lowest BCUT2D eigenvalue weighted by Crippen LogP contribution is -2.51. The summed E-state index contributed by atoms with van der Waals surface area (Å²) in [6.07, 6.45) is 2.73. The number of alkyl carbamates (subject to hydrolysis) is 1. The van der Waals surface area contributed by atoms with Gasteiger partial charge in [0.2, 0.25) is 5.91 Å². The zero-order valence-electron chi connectivity index (χ0n) is 16.5. The number of likely N-dealkylation sites (tertiary alicyclic amines) is 1. The fraction of sp³-hybridized carbons (Fsp3) is 0.450. The number of imidazole rings is 1. The largest absolute Gasteiger partial charge is 0.453 e. The van der Waals surface area contributed by atoms with E-state index in [0.717, 1.165) is 24.1 Å². The summed E-state index contributed by atoms with van der Waals surface area (Å²) in [4.78, 5) is 34.4. The molecule has 2 N–H and O–H groups in total. The molecule has 9 heteroatoms. The Hall–Kier alpha value is -2.25. The third kappa shape index (κ3) is 4.67. The molecule has 3 rings (SSSR count). The highest BCUT2D eigenvalue weighted by molar-refractivity contribution is 6.36. The third-order valence-corrected chi connectivity index (χ3v) is 5.61. The van der Waals surface area contributed by atoms with Gasteiger partial charge in [0.15, 0.2) is 0 Å². The number of halogens is 2. The van der Waals surface area contributed by atoms with E-state index in [9.17, 15) is 9.59 Å². The van der Waals surface area contributed by atoms with Crippen LogP contribution in [-0.4, -0.2) is 46.6 Å². The molecule has 0 aliphatic carbocycles. The van der Waals surface area contributed by atoms with Crippen molar-refractivity contribution in [1.82, 2.24) is 20.2 Å². The van der Waals surface area contributed by atoms with E-state index in [1.165, 1.54) is 7.11 Å². The Bertz CT molecular complexity index is 900. The number of methoxy groups -OCH3 is 1. The van der Waals surface area contributed by atoms with Gasteiger partial charge in [0.1, 0.15) is 11.9 Å². The van der Waals surface area contributed by atoms with Crippen molar-refractivity contribution in [3.05, 3.63) is 40.3 Å². The Morgan fingerprint density at radius 1 is 1.34 bits per heavy atom. The van der Waals surface area contributed by atoms with Crippen LogP contribution < -0.4 is 5.32 Å². The van der Waals surface area contributed by atoms with Gasteiger partial charge in [-0.3, -0.25) is 4.79 Å². The second kappa shape index (κ2) is 9.05. The average Bonchev–Trinajstić information content (AvgIpc) is 3.34. The van der Waals surface area contributed by atoms with E-state index in [-0.39, 0.29) is 17.9 Å². The molecular weight excluding hydrogens is 415 g/mol. The fourth-order valence-corrected chi connectivity index (χ4v) is 4.05. The summed E-state index contributed by atoms with van der Waals surface area (Å²) in [7, 11) is 1.28. The number of H-pyrrole nitrogens is 1. The van der Waals surface area contributed by atoms with Gasteiger partial charge in [0.05, 0.1) is 30.1 Å². The number of rotatable bonds is 5. The van der Waals surface area contributed by atoms with Crippen molar-refractivity contribution in [3.63, 3.8) is 0 Å². The van der Waals surface area contributed by atoms with Crippen molar-refractivity contribution >= 4 is 35.2 Å². The van der Waals surface area contributed by atoms with E-state index in [2.05, 4.69) is 20.0 Å². The van der Waals surface area contributed by atoms with Gasteiger partial charge >= 0.3 is 6.09 Å². The molecule has 2 atom stereocenters. The molecule has 0 radical (unpaired) electrons. The molecule has 29 heavy (non-hydrogen) atoms. The maximum absolute atomic E-state index is 13.2. The Labute approximate surface area is 179 Å². The highest BCUT2D eigenvalue weighted by Crippen LogP contribution is 2.34. The van der Waals surface area contributed by atoms with Crippen LogP contribution in [-0.2, 0) is 9.53 Å². The summed E-state index contributed by atoms with van der Waals surface area (Å²) in [5.74, 6) is 0.468. The standard InChI is InChI=1S/C20H24Cl2N4O3/c1-11(2)17(25-20(28)29-3)19(27)26-8-4-5-16(26)18-23-10-15(24-18)13-7-6-12(21)9-14(13)22/h6-7,9-11,16-17H,4-5,8H2,1-3H3,(H,23,24)(H,25,28)/t16-,17+/m1/s1. The molecule has 1 saturated heterocycles. The molecule has 1 aromatic heterocycles. The zero-order chi connectivity index (χ0) is 21.1. The molecule has 2 aromatic rings. The zero-order valence-corrected chi connectivity index (χ0v) is 18.0. The van der Waals surface area contributed by atoms with Crippen LogP contribution in [0.3, 0.4) is 0 Å². The van der Waals surface area contributed by atoms with Gasteiger partial charge in [-0.15, -0.1) is 0 Å². The molecule has 156 valence electrons. The van der Waals surface area contributed by atoms with Crippen LogP contribution in [0, 0.1) is 5.92 Å². The summed E-state index contributed by atoms with van der Waals surface area (Å²) in [5.41, 5.74) is 1.55. The number of hydrogen-bond donors (Lipinski definition) is 2. The molecule has 2 heterocycles. The second-order valence-corrected chi connectivity index (χ2v) is 8.20. The SMILES string of the molecule is COC(=O)N[C@H](C(=O)N1CCC[C@@H]1c1ncc(-c2ccc(Cl)cc2Cl)[nH]1)C(C)C. The van der Waals surface area contributed by atoms with Gasteiger partial charge in [0, 0.05) is 17.1 Å². The predicted molar refractivity (Wildman–Crippen MR) is 112 cm³/mol. The third-order valence-electron chi connectivity index (χ3n) is 5.06. The smallest absolute Gasteiger partial charge is 0.407 e. The molecule has 0 saturated carbocycles. The van der Waals surface area contributed by atoms with Crippen molar-refractivity contribution in [3.8, 4) is 11.3 Å². The van der Waals surface area contributed by atoms with E-state index < -0.39 is 12.1 Å². The first-order valence-corrected chi connectivity index (χ1v) is 10.2. The van der Waals surface area contributed by atoms with Gasteiger partial charge < -0.3 is 19.9 Å². The Morgan fingerprint density at radius 2 is 2.10 bits per heavy atom. The molecule has 2 amide bonds. The first kappa shape index (κ1) is 21.5. The highest BCUT2D eigenvalue weighted by Gasteiger charge is 2.37. The van der Waals surface area contributed by atoms with Crippen molar-refractivity contribution in [2.75, 3.05) is 13.7 Å². The van der Waals surface area contributed by atoms with E-state index in [1.54, 1.807) is 23.2 Å². The summed E-state index contributed by atoms with van der Waals surface area (Å²) in [6, 6.07) is 4.41. The molecule has 0 unspecified atom stereocenters. The van der Waals surface area contributed by atoms with Gasteiger partial charge in [-0.2, -0.15) is 0 Å². The molecular formula is C20H24Cl2N4O3. The van der Waals surface area contributed by atoms with Crippen LogP contribution in [0.4, 0.5) is 4.79 Å². The van der Waals surface area contributed by atoms with Crippen LogP contribution in [0.25, 0.3) is 11.3 Å². The van der Waals surface area contributed by atoms with E-state index in [1.807, 2.05) is 19.9 Å². The van der Waals surface area contributed by atoms with Crippen molar-refractivity contribution in [2.45, 2.75) is 38.8 Å². The monoisotopic (exact) mass is 438 g/mol. The molecule has 0 spiro atoms. The number of amides is 2. The van der Waals surface area contributed by atoms with Crippen LogP contribution in [0.2, 0.25) is 10.0 Å². The summed E-state index contributed by atoms with van der Waals surface area (Å²) >= 11 is 12.3. The molecule has 7 nitrogen and oxygen atoms in total. The Morgan fingerprint density at radius 3 is 2.76 bits per heavy atom. The number of nitrogens with zero attached hydrogens (tertiary/aromatic N) is 2. The minimum Gasteiger partial charge on any atom is -0.453 e. The summed E-state index contributed by atoms with van der Waals surface area (Å²) in [5, 5.41) is 3.73. The van der Waals surface area contributed by atoms with Crippen LogP contribution in [0.5, 0.6) is 0 Å². The number of nitrogens with one attached hydrogen (secondary N) is 2. The number of aromatic amines is 1. The Balaban J connectivity index is 1.82. The van der Waals surface area contributed by atoms with Gasteiger partial charge in [0.25, 0.3) is 0 Å². The maximum Gasteiger partial charge on any atom is 0.407 e. The van der Waals surface area contributed by atoms with Crippen LogP contribution in [0.1, 0.15) is 38.6 Å².